The fourth-order valence-corrected chi connectivity index (χ4v) is 3.55. The molecule has 0 saturated heterocycles. The van der Waals surface area contributed by atoms with Crippen LogP contribution >= 0.6 is 0 Å². The highest BCUT2D eigenvalue weighted by Gasteiger charge is 2.13. The number of sulfonamides is 1. The van der Waals surface area contributed by atoms with Crippen molar-refractivity contribution in [2.24, 2.45) is 0 Å². The van der Waals surface area contributed by atoms with Crippen LogP contribution in [0.15, 0.2) is 48.5 Å². The lowest BCUT2D eigenvalue weighted by Gasteiger charge is -2.10. The first-order valence-electron chi connectivity index (χ1n) is 8.96. The average molecular weight is 407 g/mol. The van der Waals surface area contributed by atoms with Crippen molar-refractivity contribution in [1.29, 1.82) is 0 Å². The number of hydrogen-bond donors (Lipinski definition) is 2. The monoisotopic (exact) mass is 406 g/mol. The Bertz CT molecular complexity index is 847. The second-order valence-electron chi connectivity index (χ2n) is 6.16. The van der Waals surface area contributed by atoms with E-state index in [1.54, 1.807) is 18.2 Å². The Morgan fingerprint density at radius 2 is 1.61 bits per heavy atom. The van der Waals surface area contributed by atoms with E-state index in [0.29, 0.717) is 30.0 Å². The molecule has 0 spiro atoms. The lowest BCUT2D eigenvalue weighted by atomic mass is 10.1. The summed E-state index contributed by atoms with van der Waals surface area (Å²) < 4.78 is 36.9. The minimum atomic E-state index is -3.45. The van der Waals surface area contributed by atoms with Crippen LogP contribution in [-0.2, 0) is 16.4 Å². The van der Waals surface area contributed by atoms with Crippen molar-refractivity contribution in [2.45, 2.75) is 12.8 Å². The second-order valence-corrected chi connectivity index (χ2v) is 8.09. The molecule has 2 rings (SSSR count). The van der Waals surface area contributed by atoms with E-state index in [1.165, 1.54) is 19.8 Å². The van der Waals surface area contributed by atoms with Gasteiger partial charge in [-0.25, -0.2) is 13.1 Å². The quantitative estimate of drug-likeness (QED) is 0.557. The minimum Gasteiger partial charge on any atom is -0.497 e. The highest BCUT2D eigenvalue weighted by molar-refractivity contribution is 7.89. The van der Waals surface area contributed by atoms with Crippen molar-refractivity contribution in [3.05, 3.63) is 59.7 Å². The Hall–Kier alpha value is -2.58. The van der Waals surface area contributed by atoms with Crippen LogP contribution in [0.4, 0.5) is 0 Å². The third kappa shape index (κ3) is 7.21. The van der Waals surface area contributed by atoms with Crippen LogP contribution in [0.2, 0.25) is 0 Å². The van der Waals surface area contributed by atoms with Gasteiger partial charge in [-0.05, 0) is 30.5 Å². The lowest BCUT2D eigenvalue weighted by Crippen LogP contribution is -2.35. The molecule has 0 aromatic heterocycles. The van der Waals surface area contributed by atoms with E-state index < -0.39 is 15.9 Å². The maximum atomic E-state index is 12.2. The first-order valence-corrected chi connectivity index (χ1v) is 10.6. The molecule has 1 amide bonds. The molecule has 0 bridgehead atoms. The normalized spacial score (nSPS) is 11.1. The van der Waals surface area contributed by atoms with Crippen molar-refractivity contribution < 1.29 is 22.7 Å². The number of methoxy groups -OCH3 is 2. The number of nitrogens with one attached hydrogen (secondary N) is 2. The molecule has 0 unspecified atom stereocenters. The van der Waals surface area contributed by atoms with Crippen molar-refractivity contribution in [1.82, 2.24) is 10.0 Å². The highest BCUT2D eigenvalue weighted by Crippen LogP contribution is 2.22. The topological polar surface area (TPSA) is 93.7 Å². The van der Waals surface area contributed by atoms with Crippen molar-refractivity contribution in [3.63, 3.8) is 0 Å². The summed E-state index contributed by atoms with van der Waals surface area (Å²) >= 11 is 0. The zero-order valence-electron chi connectivity index (χ0n) is 16.1. The molecular weight excluding hydrogens is 380 g/mol. The molecule has 0 radical (unpaired) electrons. The van der Waals surface area contributed by atoms with Crippen LogP contribution in [0.25, 0.3) is 0 Å². The van der Waals surface area contributed by atoms with Gasteiger partial charge in [0.05, 0.1) is 20.0 Å². The van der Waals surface area contributed by atoms with Crippen LogP contribution in [0.5, 0.6) is 11.5 Å². The zero-order valence-corrected chi connectivity index (χ0v) is 16.9. The number of hydrogen-bond acceptors (Lipinski definition) is 5. The zero-order chi connectivity index (χ0) is 20.4. The summed E-state index contributed by atoms with van der Waals surface area (Å²) in [5.74, 6) is 0.386. The smallest absolute Gasteiger partial charge is 0.251 e. The van der Waals surface area contributed by atoms with Crippen LogP contribution in [-0.4, -0.2) is 47.4 Å². The lowest BCUT2D eigenvalue weighted by molar-refractivity contribution is 0.0955. The van der Waals surface area contributed by atoms with Crippen LogP contribution in [0.1, 0.15) is 22.3 Å². The molecule has 2 N–H and O–H groups in total. The van der Waals surface area contributed by atoms with Gasteiger partial charge in [0.25, 0.3) is 5.91 Å². The largest absolute Gasteiger partial charge is 0.497 e. The van der Waals surface area contributed by atoms with Crippen LogP contribution in [0, 0.1) is 0 Å². The molecule has 0 saturated carbocycles. The fraction of sp³-hybridized carbons (Fsp3) is 0.350. The van der Waals surface area contributed by atoms with Crippen molar-refractivity contribution in [3.8, 4) is 11.5 Å². The number of rotatable bonds is 11. The molecule has 8 heteroatoms. The number of aryl methyl sites for hydroxylation is 1. The van der Waals surface area contributed by atoms with E-state index in [9.17, 15) is 13.2 Å². The Balaban J connectivity index is 1.75. The van der Waals surface area contributed by atoms with Gasteiger partial charge in [-0.2, -0.15) is 0 Å². The Morgan fingerprint density at radius 1 is 0.964 bits per heavy atom. The number of carbonyl (C=O) groups is 1. The fourth-order valence-electron chi connectivity index (χ4n) is 2.58. The Labute approximate surface area is 166 Å². The van der Waals surface area contributed by atoms with Crippen molar-refractivity contribution in [2.75, 3.05) is 33.1 Å². The third-order valence-corrected chi connectivity index (χ3v) is 5.46. The summed E-state index contributed by atoms with van der Waals surface area (Å²) in [6.45, 7) is 0.366. The highest BCUT2D eigenvalue weighted by atomic mass is 32.2. The molecule has 0 fully saturated rings. The summed E-state index contributed by atoms with van der Waals surface area (Å²) in [6.07, 6.45) is 1.51. The summed E-state index contributed by atoms with van der Waals surface area (Å²) in [7, 11) is -0.469. The van der Waals surface area contributed by atoms with E-state index in [1.807, 2.05) is 30.3 Å². The standard InChI is InChI=1S/C20H26N2O5S/c1-26-18-13-17(14-19(15-18)27-2)20(23)21-11-12-28(24,25)22-10-6-9-16-7-4-3-5-8-16/h3-5,7-8,13-15,22H,6,9-12H2,1-2H3,(H,21,23). The van der Waals surface area contributed by atoms with Gasteiger partial charge in [0.15, 0.2) is 0 Å². The van der Waals surface area contributed by atoms with E-state index in [0.717, 1.165) is 6.42 Å². The number of carbonyl (C=O) groups excluding carboxylic acids is 1. The number of ether oxygens (including phenoxy) is 2. The molecule has 0 atom stereocenters. The van der Waals surface area contributed by atoms with Gasteiger partial charge >= 0.3 is 0 Å². The van der Waals surface area contributed by atoms with Crippen LogP contribution in [0.3, 0.4) is 0 Å². The first-order chi connectivity index (χ1) is 13.4. The molecule has 0 heterocycles. The van der Waals surface area contributed by atoms with Crippen molar-refractivity contribution >= 4 is 15.9 Å². The summed E-state index contributed by atoms with van der Waals surface area (Å²) in [5, 5.41) is 2.60. The van der Waals surface area contributed by atoms with E-state index in [2.05, 4.69) is 10.0 Å². The van der Waals surface area contributed by atoms with Gasteiger partial charge in [-0.1, -0.05) is 30.3 Å². The predicted octanol–water partition coefficient (Wildman–Crippen LogP) is 1.99. The molecule has 7 nitrogen and oxygen atoms in total. The third-order valence-electron chi connectivity index (χ3n) is 4.08. The van der Waals surface area contributed by atoms with Gasteiger partial charge in [0.2, 0.25) is 10.0 Å². The van der Waals surface area contributed by atoms with Gasteiger partial charge in [-0.15, -0.1) is 0 Å². The Morgan fingerprint density at radius 3 is 2.21 bits per heavy atom. The average Bonchev–Trinajstić information content (AvgIpc) is 2.71. The van der Waals surface area contributed by atoms with Crippen LogP contribution < -0.4 is 19.5 Å². The molecule has 0 aliphatic carbocycles. The van der Waals surface area contributed by atoms with Gasteiger partial charge in [-0.3, -0.25) is 4.79 Å². The predicted molar refractivity (Wildman–Crippen MR) is 108 cm³/mol. The maximum Gasteiger partial charge on any atom is 0.251 e. The van der Waals surface area contributed by atoms with Gasteiger partial charge in [0, 0.05) is 24.7 Å². The molecule has 152 valence electrons. The SMILES string of the molecule is COc1cc(OC)cc(C(=O)NCCS(=O)(=O)NCCCc2ccccc2)c1. The molecule has 2 aromatic rings. The number of amides is 1. The molecule has 2 aromatic carbocycles. The molecule has 0 aliphatic rings. The van der Waals surface area contributed by atoms with E-state index in [-0.39, 0.29) is 12.3 Å². The Kier molecular flexibility index (Phi) is 8.28. The van der Waals surface area contributed by atoms with Gasteiger partial charge < -0.3 is 14.8 Å². The first kappa shape index (κ1) is 21.7. The molecule has 28 heavy (non-hydrogen) atoms. The number of benzene rings is 2. The summed E-state index contributed by atoms with van der Waals surface area (Å²) in [5.41, 5.74) is 1.51. The maximum absolute atomic E-state index is 12.2. The molecular formula is C20H26N2O5S. The summed E-state index contributed by atoms with van der Waals surface area (Å²) in [6, 6.07) is 14.7. The van der Waals surface area contributed by atoms with E-state index in [4.69, 9.17) is 9.47 Å². The van der Waals surface area contributed by atoms with E-state index >= 15 is 0 Å². The van der Waals surface area contributed by atoms with Gasteiger partial charge in [0.1, 0.15) is 11.5 Å². The minimum absolute atomic E-state index is 0.00633. The molecule has 0 aliphatic heterocycles. The summed E-state index contributed by atoms with van der Waals surface area (Å²) in [4.78, 5) is 12.2. The second kappa shape index (κ2) is 10.7.